The lowest BCUT2D eigenvalue weighted by molar-refractivity contribution is -0.0218. The van der Waals surface area contributed by atoms with Crippen molar-refractivity contribution in [3.63, 3.8) is 0 Å². The Bertz CT molecular complexity index is 617. The third-order valence-electron chi connectivity index (χ3n) is 5.52. The normalized spacial score (nSPS) is 21.2. The zero-order chi connectivity index (χ0) is 19.3. The van der Waals surface area contributed by atoms with Gasteiger partial charge in [0.2, 0.25) is 0 Å². The van der Waals surface area contributed by atoms with Gasteiger partial charge in [0.25, 0.3) is 0 Å². The van der Waals surface area contributed by atoms with E-state index in [0.29, 0.717) is 18.2 Å². The molecule has 0 radical (unpaired) electrons. The van der Waals surface area contributed by atoms with Gasteiger partial charge in [0.05, 0.1) is 12.2 Å². The second-order valence-electron chi connectivity index (χ2n) is 7.77. The largest absolute Gasteiger partial charge is 0.489 e. The number of hydrogen-bond donors (Lipinski definition) is 0. The standard InChI is InChI=1S/C21H32ClNO3/c1-6-15(3)23-11-10-21(4,5)19(14-23)26-17-8-9-18(16(12-17)13-22)20(24)25-7-2/h8-9,12,15,19H,6-7,10-11,13-14H2,1-5H3/t15-,19?/m0/s1. The molecule has 5 heteroatoms. The highest BCUT2D eigenvalue weighted by Gasteiger charge is 2.38. The van der Waals surface area contributed by atoms with Gasteiger partial charge in [0.1, 0.15) is 11.9 Å². The predicted molar refractivity (Wildman–Crippen MR) is 106 cm³/mol. The second kappa shape index (κ2) is 9.09. The van der Waals surface area contributed by atoms with Crippen LogP contribution < -0.4 is 4.74 Å². The minimum Gasteiger partial charge on any atom is -0.489 e. The fourth-order valence-electron chi connectivity index (χ4n) is 3.33. The highest BCUT2D eigenvalue weighted by molar-refractivity contribution is 6.17. The quantitative estimate of drug-likeness (QED) is 0.498. The number of carbonyl (C=O) groups excluding carboxylic acids is 1. The first-order valence-corrected chi connectivity index (χ1v) is 10.1. The number of alkyl halides is 1. The molecule has 1 heterocycles. The summed E-state index contributed by atoms with van der Waals surface area (Å²) in [5.41, 5.74) is 1.36. The lowest BCUT2D eigenvalue weighted by atomic mass is 9.79. The van der Waals surface area contributed by atoms with Crippen LogP contribution in [0.25, 0.3) is 0 Å². The van der Waals surface area contributed by atoms with E-state index in [0.717, 1.165) is 37.2 Å². The SMILES string of the molecule is CCOC(=O)c1ccc(OC2CN([C@@H](C)CC)CCC2(C)C)cc1CCl. The molecule has 26 heavy (non-hydrogen) atoms. The molecule has 1 aromatic carbocycles. The number of nitrogens with zero attached hydrogens (tertiary/aromatic N) is 1. The van der Waals surface area contributed by atoms with Crippen LogP contribution in [0.15, 0.2) is 18.2 Å². The van der Waals surface area contributed by atoms with E-state index in [4.69, 9.17) is 21.1 Å². The van der Waals surface area contributed by atoms with E-state index in [9.17, 15) is 4.79 Å². The molecule has 4 nitrogen and oxygen atoms in total. The van der Waals surface area contributed by atoms with Crippen molar-refractivity contribution in [2.24, 2.45) is 5.41 Å². The lowest BCUT2D eigenvalue weighted by Crippen LogP contribution is -2.53. The van der Waals surface area contributed by atoms with Crippen LogP contribution in [0.2, 0.25) is 0 Å². The molecule has 0 spiro atoms. The van der Waals surface area contributed by atoms with Gasteiger partial charge in [-0.15, -0.1) is 11.6 Å². The molecule has 2 rings (SSSR count). The Labute approximate surface area is 162 Å². The summed E-state index contributed by atoms with van der Waals surface area (Å²) in [5.74, 6) is 0.673. The fraction of sp³-hybridized carbons (Fsp3) is 0.667. The molecule has 1 saturated heterocycles. The molecule has 146 valence electrons. The molecule has 0 N–H and O–H groups in total. The summed E-state index contributed by atoms with van der Waals surface area (Å²) in [6.07, 6.45) is 2.34. The van der Waals surface area contributed by atoms with E-state index in [-0.39, 0.29) is 23.4 Å². The molecule has 0 bridgehead atoms. The van der Waals surface area contributed by atoms with Crippen LogP contribution in [0.4, 0.5) is 0 Å². The van der Waals surface area contributed by atoms with E-state index in [2.05, 4.69) is 32.6 Å². The molecule has 0 saturated carbocycles. The minimum atomic E-state index is -0.337. The van der Waals surface area contributed by atoms with Gasteiger partial charge in [-0.3, -0.25) is 4.90 Å². The van der Waals surface area contributed by atoms with Crippen LogP contribution in [0, 0.1) is 5.41 Å². The average Bonchev–Trinajstić information content (AvgIpc) is 2.62. The van der Waals surface area contributed by atoms with Gasteiger partial charge in [-0.25, -0.2) is 4.79 Å². The summed E-state index contributed by atoms with van der Waals surface area (Å²) in [4.78, 5) is 14.6. The molecule has 1 aliphatic heterocycles. The highest BCUT2D eigenvalue weighted by atomic mass is 35.5. The molecule has 0 amide bonds. The molecule has 1 fully saturated rings. The topological polar surface area (TPSA) is 38.8 Å². The summed E-state index contributed by atoms with van der Waals surface area (Å²) in [7, 11) is 0. The van der Waals surface area contributed by atoms with Crippen LogP contribution in [-0.4, -0.2) is 42.7 Å². The summed E-state index contributed by atoms with van der Waals surface area (Å²) >= 11 is 6.06. The fourth-order valence-corrected chi connectivity index (χ4v) is 3.55. The monoisotopic (exact) mass is 381 g/mol. The molecule has 2 atom stereocenters. The first-order valence-electron chi connectivity index (χ1n) is 9.59. The van der Waals surface area contributed by atoms with Crippen molar-refractivity contribution in [2.75, 3.05) is 19.7 Å². The van der Waals surface area contributed by atoms with Crippen LogP contribution >= 0.6 is 11.6 Å². The molecular formula is C21H32ClNO3. The van der Waals surface area contributed by atoms with Gasteiger partial charge in [0, 0.05) is 23.9 Å². The molecule has 0 aromatic heterocycles. The maximum absolute atomic E-state index is 12.1. The number of likely N-dealkylation sites (tertiary alicyclic amines) is 1. The number of hydrogen-bond acceptors (Lipinski definition) is 4. The average molecular weight is 382 g/mol. The summed E-state index contributed by atoms with van der Waals surface area (Å²) < 4.78 is 11.5. The van der Waals surface area contributed by atoms with E-state index in [1.807, 2.05) is 12.1 Å². The molecule has 1 unspecified atom stereocenters. The Hall–Kier alpha value is -1.26. The zero-order valence-electron chi connectivity index (χ0n) is 16.7. The van der Waals surface area contributed by atoms with Gasteiger partial charge in [-0.1, -0.05) is 20.8 Å². The van der Waals surface area contributed by atoms with Crippen LogP contribution in [0.5, 0.6) is 5.75 Å². The summed E-state index contributed by atoms with van der Waals surface area (Å²) in [6.45, 7) is 13.2. The van der Waals surface area contributed by atoms with E-state index in [1.54, 1.807) is 13.0 Å². The van der Waals surface area contributed by atoms with E-state index < -0.39 is 0 Å². The predicted octanol–water partition coefficient (Wildman–Crippen LogP) is 4.88. The van der Waals surface area contributed by atoms with Gasteiger partial charge in [-0.05, 0) is 57.0 Å². The van der Waals surface area contributed by atoms with Gasteiger partial charge < -0.3 is 9.47 Å². The molecule has 0 aliphatic carbocycles. The lowest BCUT2D eigenvalue weighted by Gasteiger charge is -2.45. The molecule has 1 aliphatic rings. The van der Waals surface area contributed by atoms with Crippen molar-refractivity contribution in [1.29, 1.82) is 0 Å². The molecule has 1 aromatic rings. The Morgan fingerprint density at radius 1 is 1.38 bits per heavy atom. The second-order valence-corrected chi connectivity index (χ2v) is 8.04. The van der Waals surface area contributed by atoms with Crippen molar-refractivity contribution in [2.45, 2.75) is 65.5 Å². The minimum absolute atomic E-state index is 0.0990. The number of carbonyl (C=O) groups is 1. The van der Waals surface area contributed by atoms with Crippen LogP contribution in [0.3, 0.4) is 0 Å². The van der Waals surface area contributed by atoms with Crippen molar-refractivity contribution < 1.29 is 14.3 Å². The van der Waals surface area contributed by atoms with Crippen molar-refractivity contribution >= 4 is 17.6 Å². The number of ether oxygens (including phenoxy) is 2. The van der Waals surface area contributed by atoms with Crippen LogP contribution in [-0.2, 0) is 10.6 Å². The van der Waals surface area contributed by atoms with E-state index in [1.165, 1.54) is 0 Å². The maximum Gasteiger partial charge on any atom is 0.338 e. The van der Waals surface area contributed by atoms with Gasteiger partial charge in [-0.2, -0.15) is 0 Å². The number of rotatable bonds is 7. The third-order valence-corrected chi connectivity index (χ3v) is 5.81. The Kier molecular flexibility index (Phi) is 7.36. The first kappa shape index (κ1) is 21.0. The Balaban J connectivity index is 2.18. The Morgan fingerprint density at radius 3 is 2.73 bits per heavy atom. The molecular weight excluding hydrogens is 350 g/mol. The summed E-state index contributed by atoms with van der Waals surface area (Å²) in [5, 5.41) is 0. The van der Waals surface area contributed by atoms with Crippen LogP contribution in [0.1, 0.15) is 63.4 Å². The van der Waals surface area contributed by atoms with Crippen molar-refractivity contribution in [3.05, 3.63) is 29.3 Å². The first-order chi connectivity index (χ1) is 12.3. The number of piperidine rings is 1. The smallest absolute Gasteiger partial charge is 0.338 e. The summed E-state index contributed by atoms with van der Waals surface area (Å²) in [6, 6.07) is 6.03. The van der Waals surface area contributed by atoms with Gasteiger partial charge >= 0.3 is 5.97 Å². The van der Waals surface area contributed by atoms with Crippen molar-refractivity contribution in [1.82, 2.24) is 4.90 Å². The third kappa shape index (κ3) is 4.92. The zero-order valence-corrected chi connectivity index (χ0v) is 17.4. The Morgan fingerprint density at radius 2 is 2.12 bits per heavy atom. The number of benzene rings is 1. The highest BCUT2D eigenvalue weighted by Crippen LogP contribution is 2.35. The maximum atomic E-state index is 12.1. The number of halogens is 1. The van der Waals surface area contributed by atoms with Crippen molar-refractivity contribution in [3.8, 4) is 5.75 Å². The van der Waals surface area contributed by atoms with Gasteiger partial charge in [0.15, 0.2) is 0 Å². The van der Waals surface area contributed by atoms with E-state index >= 15 is 0 Å². The number of esters is 1.